The summed E-state index contributed by atoms with van der Waals surface area (Å²) in [7, 11) is 0. The Balaban J connectivity index is 2.51. The lowest BCUT2D eigenvalue weighted by molar-refractivity contribution is -0.188. The van der Waals surface area contributed by atoms with Crippen molar-refractivity contribution in [2.24, 2.45) is 17.8 Å². The van der Waals surface area contributed by atoms with E-state index in [1.807, 2.05) is 6.92 Å². The summed E-state index contributed by atoms with van der Waals surface area (Å²) < 4.78 is 37.0. The van der Waals surface area contributed by atoms with Crippen LogP contribution in [-0.2, 0) is 0 Å². The second-order valence-electron chi connectivity index (χ2n) is 4.20. The van der Waals surface area contributed by atoms with Gasteiger partial charge in [0.25, 0.3) is 0 Å². The molecule has 3 unspecified atom stereocenters. The number of halogens is 3. The van der Waals surface area contributed by atoms with Crippen molar-refractivity contribution < 1.29 is 13.2 Å². The molecule has 0 spiro atoms. The predicted molar refractivity (Wildman–Crippen MR) is 46.3 cm³/mol. The van der Waals surface area contributed by atoms with Crippen LogP contribution in [0.4, 0.5) is 13.2 Å². The van der Waals surface area contributed by atoms with E-state index in [4.69, 9.17) is 0 Å². The first-order valence-corrected chi connectivity index (χ1v) is 5.01. The molecule has 0 aromatic carbocycles. The first-order valence-electron chi connectivity index (χ1n) is 5.01. The third-order valence-electron chi connectivity index (χ3n) is 3.33. The molecule has 0 bridgehead atoms. The molecule has 3 atom stereocenters. The lowest BCUT2D eigenvalue weighted by atomic mass is 9.74. The van der Waals surface area contributed by atoms with Crippen LogP contribution >= 0.6 is 0 Å². The first kappa shape index (κ1) is 10.9. The van der Waals surface area contributed by atoms with Gasteiger partial charge < -0.3 is 0 Å². The summed E-state index contributed by atoms with van der Waals surface area (Å²) in [5.74, 6) is -0.283. The van der Waals surface area contributed by atoms with Crippen LogP contribution in [0.3, 0.4) is 0 Å². The predicted octanol–water partition coefficient (Wildman–Crippen LogP) is 4.01. The topological polar surface area (TPSA) is 0 Å². The van der Waals surface area contributed by atoms with Crippen molar-refractivity contribution in [1.29, 1.82) is 0 Å². The molecule has 1 rings (SSSR count). The van der Waals surface area contributed by atoms with Gasteiger partial charge in [-0.05, 0) is 31.1 Å². The van der Waals surface area contributed by atoms with Crippen molar-refractivity contribution in [1.82, 2.24) is 0 Å². The second kappa shape index (κ2) is 3.89. The van der Waals surface area contributed by atoms with Crippen LogP contribution in [-0.4, -0.2) is 6.18 Å². The lowest BCUT2D eigenvalue weighted by Gasteiger charge is -2.34. The number of alkyl halides is 3. The Bertz CT molecular complexity index is 162. The minimum Gasteiger partial charge on any atom is -0.171 e. The highest BCUT2D eigenvalue weighted by molar-refractivity contribution is 4.80. The molecule has 13 heavy (non-hydrogen) atoms. The van der Waals surface area contributed by atoms with Crippen molar-refractivity contribution in [3.63, 3.8) is 0 Å². The molecule has 0 aromatic heterocycles. The molecule has 0 aliphatic heterocycles. The van der Waals surface area contributed by atoms with Crippen LogP contribution in [0.5, 0.6) is 0 Å². The number of hydrogen-bond donors (Lipinski definition) is 0. The van der Waals surface area contributed by atoms with E-state index in [1.165, 1.54) is 0 Å². The molecule has 0 amide bonds. The van der Waals surface area contributed by atoms with Gasteiger partial charge in [0, 0.05) is 0 Å². The maximum absolute atomic E-state index is 12.3. The molecular weight excluding hydrogens is 177 g/mol. The number of rotatable bonds is 1. The van der Waals surface area contributed by atoms with E-state index < -0.39 is 12.1 Å². The summed E-state index contributed by atoms with van der Waals surface area (Å²) in [4.78, 5) is 0. The van der Waals surface area contributed by atoms with Crippen LogP contribution in [0.1, 0.15) is 39.5 Å². The van der Waals surface area contributed by atoms with Gasteiger partial charge in [-0.15, -0.1) is 0 Å². The average molecular weight is 194 g/mol. The monoisotopic (exact) mass is 194 g/mol. The minimum absolute atomic E-state index is 0.241. The molecule has 1 fully saturated rings. The Kier molecular flexibility index (Phi) is 3.25. The molecule has 0 saturated heterocycles. The fourth-order valence-electron chi connectivity index (χ4n) is 2.36. The van der Waals surface area contributed by atoms with Crippen molar-refractivity contribution in [3.8, 4) is 0 Å². The number of hydrogen-bond acceptors (Lipinski definition) is 0. The maximum atomic E-state index is 12.3. The molecule has 0 aromatic rings. The molecule has 0 N–H and O–H groups in total. The maximum Gasteiger partial charge on any atom is 0.391 e. The van der Waals surface area contributed by atoms with E-state index >= 15 is 0 Å². The van der Waals surface area contributed by atoms with Gasteiger partial charge >= 0.3 is 6.18 Å². The molecular formula is C10H17F3. The first-order chi connectivity index (χ1) is 5.95. The van der Waals surface area contributed by atoms with Gasteiger partial charge in [-0.1, -0.05) is 20.3 Å². The summed E-state index contributed by atoms with van der Waals surface area (Å²) in [5.41, 5.74) is 0. The average Bonchev–Trinajstić information content (AvgIpc) is 2.02. The molecule has 0 radical (unpaired) electrons. The zero-order valence-electron chi connectivity index (χ0n) is 8.19. The highest BCUT2D eigenvalue weighted by atomic mass is 19.4. The van der Waals surface area contributed by atoms with Gasteiger partial charge in [-0.2, -0.15) is 13.2 Å². The van der Waals surface area contributed by atoms with Gasteiger partial charge in [0.05, 0.1) is 5.92 Å². The van der Waals surface area contributed by atoms with E-state index in [-0.39, 0.29) is 5.92 Å². The summed E-state index contributed by atoms with van der Waals surface area (Å²) in [6.07, 6.45) is -1.52. The largest absolute Gasteiger partial charge is 0.391 e. The van der Waals surface area contributed by atoms with Crippen molar-refractivity contribution in [2.45, 2.75) is 45.7 Å². The van der Waals surface area contributed by atoms with Crippen LogP contribution < -0.4 is 0 Å². The second-order valence-corrected chi connectivity index (χ2v) is 4.20. The van der Waals surface area contributed by atoms with E-state index in [9.17, 15) is 13.2 Å². The molecule has 0 nitrogen and oxygen atoms in total. The van der Waals surface area contributed by atoms with Crippen LogP contribution in [0.25, 0.3) is 0 Å². The van der Waals surface area contributed by atoms with E-state index in [2.05, 4.69) is 6.92 Å². The zero-order chi connectivity index (χ0) is 10.1. The van der Waals surface area contributed by atoms with Crippen molar-refractivity contribution >= 4 is 0 Å². The van der Waals surface area contributed by atoms with Gasteiger partial charge in [-0.3, -0.25) is 0 Å². The van der Waals surface area contributed by atoms with Gasteiger partial charge in [0.2, 0.25) is 0 Å². The fraction of sp³-hybridized carbons (Fsp3) is 1.00. The highest BCUT2D eigenvalue weighted by Gasteiger charge is 2.43. The summed E-state index contributed by atoms with van der Waals surface area (Å²) in [5, 5.41) is 0. The van der Waals surface area contributed by atoms with Crippen LogP contribution in [0.15, 0.2) is 0 Å². The van der Waals surface area contributed by atoms with E-state index in [1.54, 1.807) is 0 Å². The van der Waals surface area contributed by atoms with Crippen LogP contribution in [0.2, 0.25) is 0 Å². The quantitative estimate of drug-likeness (QED) is 0.591. The molecule has 0 heterocycles. The fourth-order valence-corrected chi connectivity index (χ4v) is 2.36. The van der Waals surface area contributed by atoms with Crippen molar-refractivity contribution in [3.05, 3.63) is 0 Å². The summed E-state index contributed by atoms with van der Waals surface area (Å²) >= 11 is 0. The summed E-state index contributed by atoms with van der Waals surface area (Å²) in [6, 6.07) is 0. The normalized spacial score (nSPS) is 36.2. The molecule has 1 saturated carbocycles. The SMILES string of the molecule is CCC1CCC(C(F)(F)F)CC1C. The molecule has 1 aliphatic carbocycles. The highest BCUT2D eigenvalue weighted by Crippen LogP contribution is 2.42. The molecule has 1 aliphatic rings. The Morgan fingerprint density at radius 1 is 1.23 bits per heavy atom. The van der Waals surface area contributed by atoms with Gasteiger partial charge in [0.1, 0.15) is 0 Å². The van der Waals surface area contributed by atoms with Gasteiger partial charge in [-0.25, -0.2) is 0 Å². The van der Waals surface area contributed by atoms with E-state index in [0.717, 1.165) is 12.8 Å². The smallest absolute Gasteiger partial charge is 0.171 e. The zero-order valence-corrected chi connectivity index (χ0v) is 8.19. The van der Waals surface area contributed by atoms with Crippen molar-refractivity contribution in [2.75, 3.05) is 0 Å². The van der Waals surface area contributed by atoms with E-state index in [0.29, 0.717) is 18.8 Å². The Labute approximate surface area is 77.5 Å². The Hall–Kier alpha value is -0.210. The standard InChI is InChI=1S/C10H17F3/c1-3-8-4-5-9(6-7(8)2)10(11,12)13/h7-9H,3-6H2,1-2H3. The Morgan fingerprint density at radius 3 is 2.23 bits per heavy atom. The molecule has 3 heteroatoms. The Morgan fingerprint density at radius 2 is 1.85 bits per heavy atom. The minimum atomic E-state index is -3.97. The van der Waals surface area contributed by atoms with Gasteiger partial charge in [0.15, 0.2) is 0 Å². The van der Waals surface area contributed by atoms with Crippen LogP contribution in [0, 0.1) is 17.8 Å². The lowest BCUT2D eigenvalue weighted by Crippen LogP contribution is -2.31. The summed E-state index contributed by atoms with van der Waals surface area (Å²) in [6.45, 7) is 4.02. The third-order valence-corrected chi connectivity index (χ3v) is 3.33. The third kappa shape index (κ3) is 2.61. The molecule has 78 valence electrons.